The van der Waals surface area contributed by atoms with Crippen LogP contribution >= 0.6 is 35.0 Å². The van der Waals surface area contributed by atoms with E-state index in [9.17, 15) is 0 Å². The molecule has 0 fully saturated rings. The van der Waals surface area contributed by atoms with Crippen LogP contribution in [-0.2, 0) is 11.6 Å². The van der Waals surface area contributed by atoms with E-state index in [0.29, 0.717) is 17.5 Å². The maximum Gasteiger partial charge on any atom is 0.241 e. The Labute approximate surface area is 107 Å². The van der Waals surface area contributed by atoms with Crippen molar-refractivity contribution in [2.45, 2.75) is 16.5 Å². The van der Waals surface area contributed by atoms with Crippen molar-refractivity contribution in [2.24, 2.45) is 0 Å². The van der Waals surface area contributed by atoms with Gasteiger partial charge in [-0.15, -0.1) is 23.4 Å². The summed E-state index contributed by atoms with van der Waals surface area (Å²) in [5, 5.41) is 4.53. The van der Waals surface area contributed by atoms with Crippen LogP contribution in [0, 0.1) is 0 Å². The van der Waals surface area contributed by atoms with Gasteiger partial charge in [-0.3, -0.25) is 0 Å². The summed E-state index contributed by atoms with van der Waals surface area (Å²) in [6.45, 7) is 0. The molecule has 0 aliphatic heterocycles. The molecule has 1 aromatic heterocycles. The van der Waals surface area contributed by atoms with Gasteiger partial charge in [-0.05, 0) is 24.3 Å². The van der Waals surface area contributed by atoms with Gasteiger partial charge >= 0.3 is 0 Å². The van der Waals surface area contributed by atoms with E-state index in [1.165, 1.54) is 0 Å². The first-order chi connectivity index (χ1) is 7.78. The first-order valence-electron chi connectivity index (χ1n) is 4.54. The molecule has 16 heavy (non-hydrogen) atoms. The van der Waals surface area contributed by atoms with E-state index in [1.807, 2.05) is 24.3 Å². The lowest BCUT2D eigenvalue weighted by Crippen LogP contribution is -1.84. The van der Waals surface area contributed by atoms with Crippen LogP contribution < -0.4 is 0 Å². The number of benzene rings is 1. The van der Waals surface area contributed by atoms with Crippen molar-refractivity contribution in [1.82, 2.24) is 10.1 Å². The van der Waals surface area contributed by atoms with E-state index in [2.05, 4.69) is 10.1 Å². The summed E-state index contributed by atoms with van der Waals surface area (Å²) in [6, 6.07) is 7.61. The molecule has 1 aromatic carbocycles. The Morgan fingerprint density at radius 3 is 2.62 bits per heavy atom. The zero-order valence-electron chi connectivity index (χ0n) is 8.19. The predicted octanol–water partition coefficient (Wildman–Crippen LogP) is 3.75. The summed E-state index contributed by atoms with van der Waals surface area (Å²) in [5.41, 5.74) is 0. The molecule has 2 rings (SSSR count). The van der Waals surface area contributed by atoms with Crippen molar-refractivity contribution in [1.29, 1.82) is 0 Å². The van der Waals surface area contributed by atoms with Gasteiger partial charge in [-0.1, -0.05) is 16.8 Å². The average molecular weight is 275 g/mol. The zero-order valence-corrected chi connectivity index (χ0v) is 10.5. The molecular weight excluding hydrogens is 267 g/mol. The molecule has 0 bridgehead atoms. The van der Waals surface area contributed by atoms with Gasteiger partial charge in [0.2, 0.25) is 5.89 Å². The van der Waals surface area contributed by atoms with Crippen molar-refractivity contribution >= 4 is 35.0 Å². The number of hydrogen-bond donors (Lipinski definition) is 0. The molecule has 0 aliphatic carbocycles. The largest absolute Gasteiger partial charge is 0.338 e. The molecule has 0 radical (unpaired) electrons. The van der Waals surface area contributed by atoms with Gasteiger partial charge in [0.05, 0.1) is 5.75 Å². The second-order valence-corrected chi connectivity index (χ2v) is 4.73. The standard InChI is InChI=1S/C10H8Cl2N2OS/c11-5-10-13-9(14-15-10)6-16-8-3-1-7(12)2-4-8/h1-4H,5-6H2. The zero-order chi connectivity index (χ0) is 11.4. The van der Waals surface area contributed by atoms with Crippen LogP contribution in [0.15, 0.2) is 33.7 Å². The maximum absolute atomic E-state index is 5.79. The minimum absolute atomic E-state index is 0.249. The van der Waals surface area contributed by atoms with E-state index in [-0.39, 0.29) is 5.88 Å². The first-order valence-corrected chi connectivity index (χ1v) is 6.43. The van der Waals surface area contributed by atoms with Crippen LogP contribution in [0.5, 0.6) is 0 Å². The fraction of sp³-hybridized carbons (Fsp3) is 0.200. The molecule has 0 spiro atoms. The molecule has 0 aliphatic rings. The number of nitrogens with zero attached hydrogens (tertiary/aromatic N) is 2. The Hall–Kier alpha value is -0.710. The molecule has 0 unspecified atom stereocenters. The minimum atomic E-state index is 0.249. The molecule has 3 nitrogen and oxygen atoms in total. The Balaban J connectivity index is 1.94. The molecule has 0 N–H and O–H groups in total. The number of alkyl halides is 1. The summed E-state index contributed by atoms with van der Waals surface area (Å²) >= 11 is 13.0. The van der Waals surface area contributed by atoms with E-state index in [1.54, 1.807) is 11.8 Å². The highest BCUT2D eigenvalue weighted by molar-refractivity contribution is 7.98. The van der Waals surface area contributed by atoms with Gasteiger partial charge in [0.25, 0.3) is 0 Å². The molecule has 0 saturated carbocycles. The second-order valence-electron chi connectivity index (χ2n) is 2.98. The number of thioether (sulfide) groups is 1. The summed E-state index contributed by atoms with van der Waals surface area (Å²) < 4.78 is 4.89. The number of rotatable bonds is 4. The number of aromatic nitrogens is 2. The van der Waals surface area contributed by atoms with Crippen LogP contribution in [0.25, 0.3) is 0 Å². The van der Waals surface area contributed by atoms with Crippen molar-refractivity contribution in [3.63, 3.8) is 0 Å². The molecule has 6 heteroatoms. The monoisotopic (exact) mass is 274 g/mol. The molecule has 2 aromatic rings. The minimum Gasteiger partial charge on any atom is -0.338 e. The van der Waals surface area contributed by atoms with Gasteiger partial charge in [-0.2, -0.15) is 4.98 Å². The predicted molar refractivity (Wildman–Crippen MR) is 64.9 cm³/mol. The number of hydrogen-bond acceptors (Lipinski definition) is 4. The summed E-state index contributed by atoms with van der Waals surface area (Å²) in [4.78, 5) is 5.22. The molecule has 0 amide bonds. The topological polar surface area (TPSA) is 38.9 Å². The normalized spacial score (nSPS) is 10.6. The Morgan fingerprint density at radius 2 is 2.00 bits per heavy atom. The van der Waals surface area contributed by atoms with Crippen molar-refractivity contribution < 1.29 is 4.52 Å². The fourth-order valence-electron chi connectivity index (χ4n) is 1.08. The maximum atomic E-state index is 5.79. The first kappa shape index (κ1) is 11.8. The molecular formula is C10H8Cl2N2OS. The van der Waals surface area contributed by atoms with Crippen molar-refractivity contribution in [3.05, 3.63) is 41.0 Å². The van der Waals surface area contributed by atoms with E-state index in [4.69, 9.17) is 27.7 Å². The van der Waals surface area contributed by atoms with Crippen LogP contribution in [0.1, 0.15) is 11.7 Å². The summed E-state index contributed by atoms with van der Waals surface area (Å²) in [7, 11) is 0. The van der Waals surface area contributed by atoms with E-state index in [0.717, 1.165) is 9.92 Å². The van der Waals surface area contributed by atoms with Gasteiger partial charge in [0, 0.05) is 9.92 Å². The van der Waals surface area contributed by atoms with Crippen LogP contribution in [0.2, 0.25) is 5.02 Å². The van der Waals surface area contributed by atoms with Gasteiger partial charge < -0.3 is 4.52 Å². The lowest BCUT2D eigenvalue weighted by atomic mass is 10.4. The highest BCUT2D eigenvalue weighted by atomic mass is 35.5. The lowest BCUT2D eigenvalue weighted by molar-refractivity contribution is 0.386. The highest BCUT2D eigenvalue weighted by Crippen LogP contribution is 2.23. The van der Waals surface area contributed by atoms with Gasteiger partial charge in [0.1, 0.15) is 5.88 Å². The molecule has 1 heterocycles. The van der Waals surface area contributed by atoms with Crippen molar-refractivity contribution in [2.75, 3.05) is 0 Å². The quantitative estimate of drug-likeness (QED) is 0.629. The Bertz CT molecular complexity index is 458. The third-order valence-corrected chi connectivity index (χ3v) is 3.29. The van der Waals surface area contributed by atoms with Crippen LogP contribution in [0.4, 0.5) is 0 Å². The summed E-state index contributed by atoms with van der Waals surface area (Å²) in [6.07, 6.45) is 0. The SMILES string of the molecule is ClCc1nc(CSc2ccc(Cl)cc2)no1. The summed E-state index contributed by atoms with van der Waals surface area (Å²) in [5.74, 6) is 2.00. The smallest absolute Gasteiger partial charge is 0.241 e. The molecule has 0 atom stereocenters. The van der Waals surface area contributed by atoms with E-state index >= 15 is 0 Å². The Kier molecular flexibility index (Phi) is 4.09. The fourth-order valence-corrected chi connectivity index (χ4v) is 2.06. The average Bonchev–Trinajstić information content (AvgIpc) is 2.76. The molecule has 84 valence electrons. The third-order valence-electron chi connectivity index (χ3n) is 1.81. The van der Waals surface area contributed by atoms with Crippen molar-refractivity contribution in [3.8, 4) is 0 Å². The number of halogens is 2. The molecule has 0 saturated heterocycles. The highest BCUT2D eigenvalue weighted by Gasteiger charge is 2.05. The van der Waals surface area contributed by atoms with E-state index < -0.39 is 0 Å². The Morgan fingerprint density at radius 1 is 1.25 bits per heavy atom. The van der Waals surface area contributed by atoms with Crippen LogP contribution in [0.3, 0.4) is 0 Å². The van der Waals surface area contributed by atoms with Crippen LogP contribution in [-0.4, -0.2) is 10.1 Å². The lowest BCUT2D eigenvalue weighted by Gasteiger charge is -1.97. The van der Waals surface area contributed by atoms with Gasteiger partial charge in [0.15, 0.2) is 5.82 Å². The second kappa shape index (κ2) is 5.57. The third kappa shape index (κ3) is 3.14. The van der Waals surface area contributed by atoms with Gasteiger partial charge in [-0.25, -0.2) is 0 Å².